The topological polar surface area (TPSA) is 147 Å². The van der Waals surface area contributed by atoms with Crippen molar-refractivity contribution in [3.8, 4) is 34.2 Å². The van der Waals surface area contributed by atoms with Crippen LogP contribution < -0.4 is 15.4 Å². The lowest BCUT2D eigenvalue weighted by Crippen LogP contribution is -2.46. The first-order chi connectivity index (χ1) is 21.8. The molecule has 45 heavy (non-hydrogen) atoms. The van der Waals surface area contributed by atoms with Crippen LogP contribution in [0, 0.1) is 11.3 Å². The molecule has 13 nitrogen and oxygen atoms in total. The number of nitrogen functional groups attached to an aromatic ring is 1. The molecule has 1 fully saturated rings. The third kappa shape index (κ3) is 6.27. The van der Waals surface area contributed by atoms with Crippen molar-refractivity contribution in [3.63, 3.8) is 0 Å². The average Bonchev–Trinajstić information content (AvgIpc) is 3.67. The van der Waals surface area contributed by atoms with E-state index in [1.54, 1.807) is 41.5 Å². The number of aromatic nitrogens is 6. The van der Waals surface area contributed by atoms with Gasteiger partial charge in [0.1, 0.15) is 17.5 Å². The molecule has 0 saturated carbocycles. The van der Waals surface area contributed by atoms with E-state index < -0.39 is 0 Å². The molecule has 0 atom stereocenters. The summed E-state index contributed by atoms with van der Waals surface area (Å²) in [7, 11) is 5.10. The zero-order chi connectivity index (χ0) is 31.5. The quantitative estimate of drug-likeness (QED) is 0.266. The smallest absolute Gasteiger partial charge is 0.223 e. The molecule has 1 aliphatic rings. The number of piperazine rings is 1. The van der Waals surface area contributed by atoms with Crippen LogP contribution in [0.1, 0.15) is 17.5 Å². The number of hydrogen-bond acceptors (Lipinski definition) is 10. The zero-order valence-corrected chi connectivity index (χ0v) is 25.6. The van der Waals surface area contributed by atoms with Crippen LogP contribution in [0.2, 0.25) is 0 Å². The van der Waals surface area contributed by atoms with E-state index in [2.05, 4.69) is 37.1 Å². The fraction of sp³-hybridized carbons (Fsp3) is 0.312. The predicted molar refractivity (Wildman–Crippen MR) is 170 cm³/mol. The summed E-state index contributed by atoms with van der Waals surface area (Å²) in [5, 5.41) is 18.8. The van der Waals surface area contributed by atoms with Crippen molar-refractivity contribution < 1.29 is 9.53 Å². The number of aryl methyl sites for hydroxylation is 1. The maximum Gasteiger partial charge on any atom is 0.223 e. The Balaban J connectivity index is 1.21. The number of carbonyl (C=O) groups is 1. The lowest BCUT2D eigenvalue weighted by Gasteiger charge is -2.35. The van der Waals surface area contributed by atoms with Crippen molar-refractivity contribution >= 4 is 23.1 Å². The van der Waals surface area contributed by atoms with Gasteiger partial charge >= 0.3 is 0 Å². The van der Waals surface area contributed by atoms with Gasteiger partial charge in [-0.3, -0.25) is 14.4 Å². The number of nitriles is 1. The predicted octanol–water partition coefficient (Wildman–Crippen LogP) is 2.92. The summed E-state index contributed by atoms with van der Waals surface area (Å²) in [6, 6.07) is 12.2. The van der Waals surface area contributed by atoms with Crippen molar-refractivity contribution in [1.29, 1.82) is 5.26 Å². The van der Waals surface area contributed by atoms with Crippen molar-refractivity contribution in [2.75, 3.05) is 58.0 Å². The normalized spacial score (nSPS) is 13.6. The molecule has 5 aromatic heterocycles. The van der Waals surface area contributed by atoms with Crippen LogP contribution in [0.25, 0.3) is 27.8 Å². The Hall–Kier alpha value is -5.48. The highest BCUT2D eigenvalue weighted by atomic mass is 16.5. The summed E-state index contributed by atoms with van der Waals surface area (Å²) < 4.78 is 8.57. The van der Waals surface area contributed by atoms with Gasteiger partial charge in [0.2, 0.25) is 11.8 Å². The molecule has 2 N–H and O–H groups in total. The molecule has 230 valence electrons. The van der Waals surface area contributed by atoms with Gasteiger partial charge in [0.05, 0.1) is 18.8 Å². The average molecular weight is 606 g/mol. The highest BCUT2D eigenvalue weighted by Gasteiger charge is 2.21. The minimum absolute atomic E-state index is 0.0377. The van der Waals surface area contributed by atoms with Gasteiger partial charge in [-0.1, -0.05) is 6.07 Å². The monoisotopic (exact) mass is 605 g/mol. The van der Waals surface area contributed by atoms with Gasteiger partial charge in [-0.25, -0.2) is 14.5 Å². The van der Waals surface area contributed by atoms with E-state index >= 15 is 0 Å². The van der Waals surface area contributed by atoms with E-state index in [-0.39, 0.29) is 11.7 Å². The van der Waals surface area contributed by atoms with E-state index in [0.717, 1.165) is 66.4 Å². The minimum atomic E-state index is 0.0377. The summed E-state index contributed by atoms with van der Waals surface area (Å²) in [5.41, 5.74) is 11.6. The number of pyridine rings is 3. The molecular weight excluding hydrogens is 570 g/mol. The van der Waals surface area contributed by atoms with E-state index in [1.807, 2.05) is 49.1 Å². The summed E-state index contributed by atoms with van der Waals surface area (Å²) >= 11 is 0. The van der Waals surface area contributed by atoms with E-state index in [4.69, 9.17) is 15.5 Å². The fourth-order valence-corrected chi connectivity index (χ4v) is 5.50. The number of methoxy groups -OCH3 is 1. The first kappa shape index (κ1) is 29.6. The fourth-order valence-electron chi connectivity index (χ4n) is 5.50. The van der Waals surface area contributed by atoms with Crippen molar-refractivity contribution in [2.45, 2.75) is 19.5 Å². The second-order valence-electron chi connectivity index (χ2n) is 11.2. The second kappa shape index (κ2) is 12.6. The number of nitrogens with two attached hydrogens (primary N) is 1. The molecule has 1 saturated heterocycles. The van der Waals surface area contributed by atoms with Gasteiger partial charge in [-0.05, 0) is 23.8 Å². The number of rotatable bonds is 9. The Labute approximate surface area is 261 Å². The van der Waals surface area contributed by atoms with Crippen LogP contribution in [0.5, 0.6) is 5.88 Å². The molecule has 6 heterocycles. The van der Waals surface area contributed by atoms with Crippen LogP contribution in [0.15, 0.2) is 61.3 Å². The molecule has 6 rings (SSSR count). The van der Waals surface area contributed by atoms with Crippen LogP contribution in [0.3, 0.4) is 0 Å². The standard InChI is InChI=1S/C32H35N11O2/c1-39(2)30(44)8-9-42-20-25(18-37-42)24-14-26(31-27(15-33)32(34)38-43(31)21-24)23-5-6-28(35-17-23)41-12-10-40(11-13-41)19-22-4-7-29(45-3)36-16-22/h4-7,14,16-18,20-21H,8-13,19H2,1-3H3,(H2,34,38). The summed E-state index contributed by atoms with van der Waals surface area (Å²) in [6.45, 7) is 4.85. The number of carbonyl (C=O) groups excluding carboxylic acids is 1. The molecule has 1 aliphatic heterocycles. The molecule has 0 spiro atoms. The molecule has 0 aliphatic carbocycles. The van der Waals surface area contributed by atoms with Gasteiger partial charge in [0, 0.05) is 113 Å². The summed E-state index contributed by atoms with van der Waals surface area (Å²) in [4.78, 5) is 27.4. The van der Waals surface area contributed by atoms with Crippen LogP contribution in [-0.4, -0.2) is 92.5 Å². The SMILES string of the molecule is COc1ccc(CN2CCN(c3ccc(-c4cc(-c5cnn(CCC(=O)N(C)C)c5)cn5nc(N)c(C#N)c45)cn3)CC2)cn1. The number of nitrogens with zero attached hydrogens (tertiary/aromatic N) is 10. The van der Waals surface area contributed by atoms with Gasteiger partial charge in [-0.15, -0.1) is 5.10 Å². The number of hydrogen-bond donors (Lipinski definition) is 1. The van der Waals surface area contributed by atoms with Crippen molar-refractivity contribution in [3.05, 3.63) is 72.4 Å². The molecule has 13 heteroatoms. The van der Waals surface area contributed by atoms with Gasteiger partial charge in [0.15, 0.2) is 5.82 Å². The van der Waals surface area contributed by atoms with E-state index in [0.29, 0.717) is 29.9 Å². The van der Waals surface area contributed by atoms with E-state index in [9.17, 15) is 10.1 Å². The van der Waals surface area contributed by atoms with Crippen molar-refractivity contribution in [1.82, 2.24) is 39.2 Å². The highest BCUT2D eigenvalue weighted by Crippen LogP contribution is 2.34. The van der Waals surface area contributed by atoms with Crippen molar-refractivity contribution in [2.24, 2.45) is 0 Å². The molecule has 5 aromatic rings. The van der Waals surface area contributed by atoms with Crippen LogP contribution >= 0.6 is 0 Å². The highest BCUT2D eigenvalue weighted by molar-refractivity contribution is 5.90. The van der Waals surface area contributed by atoms with Gasteiger partial charge in [-0.2, -0.15) is 10.4 Å². The Morgan fingerprint density at radius 1 is 1.02 bits per heavy atom. The molecule has 0 bridgehead atoms. The molecule has 1 amide bonds. The van der Waals surface area contributed by atoms with Gasteiger partial charge < -0.3 is 20.3 Å². The first-order valence-electron chi connectivity index (χ1n) is 14.7. The lowest BCUT2D eigenvalue weighted by molar-refractivity contribution is -0.128. The first-order valence-corrected chi connectivity index (χ1v) is 14.7. The molecular formula is C32H35N11O2. The molecule has 0 aromatic carbocycles. The maximum absolute atomic E-state index is 12.0. The third-order valence-electron chi connectivity index (χ3n) is 8.05. The molecule has 0 radical (unpaired) electrons. The van der Waals surface area contributed by atoms with E-state index in [1.165, 1.54) is 0 Å². The number of fused-ring (bicyclic) bond motifs is 1. The maximum atomic E-state index is 12.0. The van der Waals surface area contributed by atoms with Crippen LogP contribution in [0.4, 0.5) is 11.6 Å². The Morgan fingerprint density at radius 2 is 1.84 bits per heavy atom. The van der Waals surface area contributed by atoms with Gasteiger partial charge in [0.25, 0.3) is 0 Å². The lowest BCUT2D eigenvalue weighted by atomic mass is 10.0. The largest absolute Gasteiger partial charge is 0.481 e. The second-order valence-corrected chi connectivity index (χ2v) is 11.2. The minimum Gasteiger partial charge on any atom is -0.481 e. The Morgan fingerprint density at radius 3 is 2.51 bits per heavy atom. The summed E-state index contributed by atoms with van der Waals surface area (Å²) in [6.07, 6.45) is 9.56. The number of anilines is 2. The third-order valence-corrected chi connectivity index (χ3v) is 8.05. The molecule has 0 unspecified atom stereocenters. The zero-order valence-electron chi connectivity index (χ0n) is 25.6. The van der Waals surface area contributed by atoms with Crippen LogP contribution in [-0.2, 0) is 17.9 Å². The Bertz CT molecular complexity index is 1850. The number of amides is 1. The number of ether oxygens (including phenoxy) is 1. The summed E-state index contributed by atoms with van der Waals surface area (Å²) in [5.74, 6) is 1.73. The Kier molecular flexibility index (Phi) is 8.30.